The molecule has 1 amide bonds. The Hall–Kier alpha value is -0.850. The topological polar surface area (TPSA) is 64.1 Å². The van der Waals surface area contributed by atoms with Gasteiger partial charge in [0, 0.05) is 31.2 Å². The molecule has 2 fully saturated rings. The fraction of sp³-hybridized carbons (Fsp3) is 0.889. The van der Waals surface area contributed by atoms with Gasteiger partial charge >= 0.3 is 5.97 Å². The molecular weight excluding hydrogens is 342 g/mol. The summed E-state index contributed by atoms with van der Waals surface area (Å²) in [6.07, 6.45) is 5.32. The van der Waals surface area contributed by atoms with Gasteiger partial charge in [0.2, 0.25) is 5.91 Å². The first-order valence-electron chi connectivity index (χ1n) is 9.41. The standard InChI is InChI=1S/C18H33N3O3.ClH/c1-4-20(13-18(23)24)16-8-10-19(11-9-16)12-17(22)21-14(2)6-5-7-15(21)3;/h14-16H,4-13H2,1-3H3,(H,23,24);1H. The van der Waals surface area contributed by atoms with E-state index < -0.39 is 5.97 Å². The summed E-state index contributed by atoms with van der Waals surface area (Å²) < 4.78 is 0. The smallest absolute Gasteiger partial charge is 0.317 e. The fourth-order valence-electron chi connectivity index (χ4n) is 4.30. The Balaban J connectivity index is 0.00000312. The minimum atomic E-state index is -0.762. The summed E-state index contributed by atoms with van der Waals surface area (Å²) in [5.74, 6) is -0.506. The SMILES string of the molecule is CCN(CC(=O)O)C1CCN(CC(=O)N2C(C)CCCC2C)CC1.Cl. The van der Waals surface area contributed by atoms with E-state index in [1.165, 1.54) is 6.42 Å². The number of halogens is 1. The number of carboxylic acid groups (broad SMARTS) is 1. The summed E-state index contributed by atoms with van der Waals surface area (Å²) in [5, 5.41) is 9.01. The van der Waals surface area contributed by atoms with E-state index in [1.807, 2.05) is 11.8 Å². The van der Waals surface area contributed by atoms with Gasteiger partial charge in [-0.1, -0.05) is 6.92 Å². The Labute approximate surface area is 157 Å². The van der Waals surface area contributed by atoms with Crippen LogP contribution >= 0.6 is 12.4 Å². The molecule has 146 valence electrons. The fourth-order valence-corrected chi connectivity index (χ4v) is 4.30. The lowest BCUT2D eigenvalue weighted by molar-refractivity contribution is -0.139. The highest BCUT2D eigenvalue weighted by atomic mass is 35.5. The van der Waals surface area contributed by atoms with Crippen LogP contribution in [0.4, 0.5) is 0 Å². The molecule has 0 radical (unpaired) electrons. The van der Waals surface area contributed by atoms with Gasteiger partial charge in [0.15, 0.2) is 0 Å². The Morgan fingerprint density at radius 1 is 1.08 bits per heavy atom. The Morgan fingerprint density at radius 2 is 1.64 bits per heavy atom. The zero-order valence-electron chi connectivity index (χ0n) is 15.8. The largest absolute Gasteiger partial charge is 0.480 e. The van der Waals surface area contributed by atoms with Gasteiger partial charge in [-0.05, 0) is 52.5 Å². The number of piperidine rings is 2. The predicted octanol–water partition coefficient (Wildman–Crippen LogP) is 2.07. The summed E-state index contributed by atoms with van der Waals surface area (Å²) in [6.45, 7) is 9.47. The van der Waals surface area contributed by atoms with Crippen LogP contribution in [0.25, 0.3) is 0 Å². The van der Waals surface area contributed by atoms with E-state index in [9.17, 15) is 9.59 Å². The van der Waals surface area contributed by atoms with Gasteiger partial charge < -0.3 is 10.0 Å². The van der Waals surface area contributed by atoms with Gasteiger partial charge in [-0.15, -0.1) is 12.4 Å². The minimum Gasteiger partial charge on any atom is -0.480 e. The van der Waals surface area contributed by atoms with E-state index >= 15 is 0 Å². The van der Waals surface area contributed by atoms with E-state index in [0.717, 1.165) is 45.3 Å². The number of carbonyl (C=O) groups excluding carboxylic acids is 1. The van der Waals surface area contributed by atoms with Crippen LogP contribution < -0.4 is 0 Å². The lowest BCUT2D eigenvalue weighted by Gasteiger charge is -2.41. The summed E-state index contributed by atoms with van der Waals surface area (Å²) in [6, 6.07) is 1.03. The van der Waals surface area contributed by atoms with Crippen LogP contribution in [0.2, 0.25) is 0 Å². The predicted molar refractivity (Wildman–Crippen MR) is 101 cm³/mol. The third-order valence-electron chi connectivity index (χ3n) is 5.66. The lowest BCUT2D eigenvalue weighted by Crippen LogP contribution is -2.53. The second-order valence-corrected chi connectivity index (χ2v) is 7.39. The molecular formula is C18H34ClN3O3. The maximum Gasteiger partial charge on any atom is 0.317 e. The van der Waals surface area contributed by atoms with E-state index in [1.54, 1.807) is 0 Å². The normalized spacial score (nSPS) is 25.7. The quantitative estimate of drug-likeness (QED) is 0.769. The first-order chi connectivity index (χ1) is 11.4. The van der Waals surface area contributed by atoms with Crippen molar-refractivity contribution in [3.63, 3.8) is 0 Å². The molecule has 2 rings (SSSR count). The molecule has 0 aromatic heterocycles. The van der Waals surface area contributed by atoms with Crippen LogP contribution in [0.3, 0.4) is 0 Å². The van der Waals surface area contributed by atoms with Gasteiger partial charge in [-0.2, -0.15) is 0 Å². The van der Waals surface area contributed by atoms with Gasteiger partial charge in [-0.3, -0.25) is 19.4 Å². The van der Waals surface area contributed by atoms with Crippen LogP contribution in [0.5, 0.6) is 0 Å². The van der Waals surface area contributed by atoms with Crippen molar-refractivity contribution in [3.05, 3.63) is 0 Å². The highest BCUT2D eigenvalue weighted by Crippen LogP contribution is 2.23. The van der Waals surface area contributed by atoms with Crippen molar-refractivity contribution in [2.24, 2.45) is 0 Å². The number of nitrogens with zero attached hydrogens (tertiary/aromatic N) is 3. The second-order valence-electron chi connectivity index (χ2n) is 7.39. The molecule has 2 atom stereocenters. The first kappa shape index (κ1) is 22.2. The van der Waals surface area contributed by atoms with Gasteiger partial charge in [0.1, 0.15) is 0 Å². The molecule has 6 nitrogen and oxygen atoms in total. The average molecular weight is 376 g/mol. The highest BCUT2D eigenvalue weighted by Gasteiger charge is 2.31. The number of carbonyl (C=O) groups is 2. The molecule has 0 aromatic rings. The van der Waals surface area contributed by atoms with Crippen molar-refractivity contribution >= 4 is 24.3 Å². The molecule has 2 aliphatic heterocycles. The molecule has 0 aromatic carbocycles. The Kier molecular flexibility index (Phi) is 9.17. The zero-order chi connectivity index (χ0) is 17.7. The number of amides is 1. The number of aliphatic carboxylic acids is 1. The molecule has 7 heteroatoms. The molecule has 2 saturated heterocycles. The van der Waals surface area contributed by atoms with Crippen molar-refractivity contribution in [2.75, 3.05) is 32.7 Å². The van der Waals surface area contributed by atoms with E-state index in [-0.39, 0.29) is 24.9 Å². The van der Waals surface area contributed by atoms with Crippen molar-refractivity contribution in [2.45, 2.75) is 71.0 Å². The Morgan fingerprint density at radius 3 is 2.12 bits per heavy atom. The monoisotopic (exact) mass is 375 g/mol. The number of likely N-dealkylation sites (N-methyl/N-ethyl adjacent to an activating group) is 1. The zero-order valence-corrected chi connectivity index (χ0v) is 16.6. The van der Waals surface area contributed by atoms with Crippen LogP contribution in [-0.4, -0.2) is 82.5 Å². The van der Waals surface area contributed by atoms with Crippen LogP contribution in [0.15, 0.2) is 0 Å². The summed E-state index contributed by atoms with van der Waals surface area (Å²) in [5.41, 5.74) is 0. The van der Waals surface area contributed by atoms with Crippen molar-refractivity contribution < 1.29 is 14.7 Å². The summed E-state index contributed by atoms with van der Waals surface area (Å²) in [7, 11) is 0. The number of rotatable bonds is 6. The number of hydrogen-bond donors (Lipinski definition) is 1. The first-order valence-corrected chi connectivity index (χ1v) is 9.41. The van der Waals surface area contributed by atoms with Crippen molar-refractivity contribution in [1.29, 1.82) is 0 Å². The van der Waals surface area contributed by atoms with Crippen LogP contribution in [0.1, 0.15) is 52.9 Å². The highest BCUT2D eigenvalue weighted by molar-refractivity contribution is 5.85. The van der Waals surface area contributed by atoms with Crippen LogP contribution in [0, 0.1) is 0 Å². The molecule has 0 spiro atoms. The van der Waals surface area contributed by atoms with Crippen molar-refractivity contribution in [3.8, 4) is 0 Å². The van der Waals surface area contributed by atoms with Gasteiger partial charge in [0.05, 0.1) is 13.1 Å². The average Bonchev–Trinajstić information content (AvgIpc) is 2.53. The molecule has 25 heavy (non-hydrogen) atoms. The third kappa shape index (κ3) is 6.12. The maximum atomic E-state index is 12.7. The molecule has 0 saturated carbocycles. The van der Waals surface area contributed by atoms with E-state index in [0.29, 0.717) is 24.7 Å². The summed E-state index contributed by atoms with van der Waals surface area (Å²) >= 11 is 0. The second kappa shape index (κ2) is 10.3. The van der Waals surface area contributed by atoms with Gasteiger partial charge in [0.25, 0.3) is 0 Å². The summed E-state index contributed by atoms with van der Waals surface area (Å²) in [4.78, 5) is 30.0. The molecule has 2 heterocycles. The number of hydrogen-bond acceptors (Lipinski definition) is 4. The Bertz CT molecular complexity index is 431. The van der Waals surface area contributed by atoms with E-state index in [4.69, 9.17) is 5.11 Å². The molecule has 2 aliphatic rings. The molecule has 0 aliphatic carbocycles. The molecule has 2 unspecified atom stereocenters. The van der Waals surface area contributed by atoms with Gasteiger partial charge in [-0.25, -0.2) is 0 Å². The van der Waals surface area contributed by atoms with Crippen LogP contribution in [-0.2, 0) is 9.59 Å². The maximum absolute atomic E-state index is 12.7. The van der Waals surface area contributed by atoms with Crippen molar-refractivity contribution in [1.82, 2.24) is 14.7 Å². The minimum absolute atomic E-state index is 0. The lowest BCUT2D eigenvalue weighted by atomic mass is 9.97. The third-order valence-corrected chi connectivity index (χ3v) is 5.66. The van der Waals surface area contributed by atoms with E-state index in [2.05, 4.69) is 23.6 Å². The molecule has 1 N–H and O–H groups in total. The number of carboxylic acids is 1. The molecule has 0 bridgehead atoms. The number of likely N-dealkylation sites (tertiary alicyclic amines) is 2.